The second-order valence-corrected chi connectivity index (χ2v) is 5.27. The number of hydrogen-bond donors (Lipinski definition) is 1. The Morgan fingerprint density at radius 1 is 1.21 bits per heavy atom. The molecule has 0 amide bonds. The molecule has 108 valence electrons. The molecule has 0 saturated carbocycles. The number of methoxy groups -OCH3 is 2. The number of carbonyl (C=O) groups excluding carboxylic acids is 1. The Labute approximate surface area is 120 Å². The summed E-state index contributed by atoms with van der Waals surface area (Å²) in [5.41, 5.74) is 6.18. The maximum Gasteiger partial charge on any atom is 0.183 e. The van der Waals surface area contributed by atoms with Gasteiger partial charge in [-0.1, -0.05) is 20.8 Å². The lowest BCUT2D eigenvalue weighted by molar-refractivity contribution is 0.0898. The first-order valence-electron chi connectivity index (χ1n) is 5.83. The van der Waals surface area contributed by atoms with Gasteiger partial charge in [0, 0.05) is 6.07 Å². The molecule has 1 rings (SSSR count). The van der Waals surface area contributed by atoms with Crippen LogP contribution < -0.4 is 15.2 Å². The quantitative estimate of drug-likeness (QED) is 0.865. The third kappa shape index (κ3) is 4.11. The average molecular weight is 288 g/mol. The Balaban J connectivity index is 0.00000324. The molecule has 19 heavy (non-hydrogen) atoms. The number of ether oxygens (including phenoxy) is 2. The minimum atomic E-state index is -0.570. The fourth-order valence-electron chi connectivity index (χ4n) is 1.56. The summed E-state index contributed by atoms with van der Waals surface area (Å²) < 4.78 is 10.3. The fraction of sp³-hybridized carbons (Fsp3) is 0.500. The highest BCUT2D eigenvalue weighted by atomic mass is 35.5. The van der Waals surface area contributed by atoms with E-state index >= 15 is 0 Å². The van der Waals surface area contributed by atoms with Gasteiger partial charge in [0.05, 0.1) is 25.8 Å². The third-order valence-corrected chi connectivity index (χ3v) is 2.89. The number of rotatable bonds is 4. The summed E-state index contributed by atoms with van der Waals surface area (Å²) in [4.78, 5) is 12.3. The second kappa shape index (κ2) is 6.78. The minimum Gasteiger partial charge on any atom is -0.497 e. The Hall–Kier alpha value is -1.26. The molecule has 0 spiro atoms. The lowest BCUT2D eigenvalue weighted by atomic mass is 9.82. The first-order chi connectivity index (χ1) is 8.31. The van der Waals surface area contributed by atoms with Gasteiger partial charge in [-0.25, -0.2) is 0 Å². The van der Waals surface area contributed by atoms with E-state index in [-0.39, 0.29) is 23.6 Å². The van der Waals surface area contributed by atoms with Gasteiger partial charge in [-0.05, 0) is 17.5 Å². The average Bonchev–Trinajstić information content (AvgIpc) is 2.35. The Morgan fingerprint density at radius 3 is 2.21 bits per heavy atom. The van der Waals surface area contributed by atoms with E-state index in [1.807, 2.05) is 20.8 Å². The van der Waals surface area contributed by atoms with Crippen LogP contribution in [0.3, 0.4) is 0 Å². The van der Waals surface area contributed by atoms with Crippen molar-refractivity contribution in [2.45, 2.75) is 26.8 Å². The van der Waals surface area contributed by atoms with E-state index in [4.69, 9.17) is 15.2 Å². The van der Waals surface area contributed by atoms with Crippen molar-refractivity contribution in [3.05, 3.63) is 23.8 Å². The van der Waals surface area contributed by atoms with Gasteiger partial charge < -0.3 is 15.2 Å². The van der Waals surface area contributed by atoms with E-state index in [1.54, 1.807) is 25.3 Å². The van der Waals surface area contributed by atoms with Crippen LogP contribution in [0.25, 0.3) is 0 Å². The van der Waals surface area contributed by atoms with Crippen molar-refractivity contribution in [1.29, 1.82) is 0 Å². The zero-order chi connectivity index (χ0) is 13.9. The van der Waals surface area contributed by atoms with Gasteiger partial charge in [0.1, 0.15) is 11.5 Å². The largest absolute Gasteiger partial charge is 0.497 e. The summed E-state index contributed by atoms with van der Waals surface area (Å²) in [5.74, 6) is 1.01. The maximum absolute atomic E-state index is 12.3. The molecule has 0 bridgehead atoms. The standard InChI is InChI=1S/C14H21NO3.ClH/c1-14(2,3)13(15)12(16)10-7-6-9(17-4)8-11(10)18-5;/h6-8,13H,15H2,1-5H3;1H/t13-;/m1./s1. The predicted molar refractivity (Wildman–Crippen MR) is 78.6 cm³/mol. The van der Waals surface area contributed by atoms with Crippen molar-refractivity contribution in [3.63, 3.8) is 0 Å². The zero-order valence-corrected chi connectivity index (χ0v) is 12.8. The van der Waals surface area contributed by atoms with Crippen molar-refractivity contribution in [2.24, 2.45) is 11.1 Å². The summed E-state index contributed by atoms with van der Waals surface area (Å²) in [7, 11) is 3.09. The molecule has 0 aliphatic carbocycles. The SMILES string of the molecule is COc1ccc(C(=O)[C@@H](N)C(C)(C)C)c(OC)c1.Cl. The van der Waals surface area contributed by atoms with Gasteiger partial charge in [0.15, 0.2) is 5.78 Å². The summed E-state index contributed by atoms with van der Waals surface area (Å²) >= 11 is 0. The van der Waals surface area contributed by atoms with Gasteiger partial charge >= 0.3 is 0 Å². The number of carbonyl (C=O) groups is 1. The molecular formula is C14H22ClNO3. The summed E-state index contributed by atoms with van der Waals surface area (Å²) in [6.45, 7) is 5.81. The van der Waals surface area contributed by atoms with Crippen LogP contribution in [0.1, 0.15) is 31.1 Å². The highest BCUT2D eigenvalue weighted by Crippen LogP contribution is 2.28. The van der Waals surface area contributed by atoms with Crippen LogP contribution in [-0.4, -0.2) is 26.0 Å². The molecule has 0 saturated heterocycles. The summed E-state index contributed by atoms with van der Waals surface area (Å²) in [6.07, 6.45) is 0. The molecule has 0 aliphatic heterocycles. The molecule has 4 nitrogen and oxygen atoms in total. The van der Waals surface area contributed by atoms with Gasteiger partial charge in [0.2, 0.25) is 0 Å². The van der Waals surface area contributed by atoms with E-state index in [0.717, 1.165) is 0 Å². The highest BCUT2D eigenvalue weighted by Gasteiger charge is 2.30. The van der Waals surface area contributed by atoms with E-state index in [1.165, 1.54) is 7.11 Å². The van der Waals surface area contributed by atoms with Crippen molar-refractivity contribution >= 4 is 18.2 Å². The molecular weight excluding hydrogens is 266 g/mol. The zero-order valence-electron chi connectivity index (χ0n) is 12.0. The van der Waals surface area contributed by atoms with Crippen LogP contribution >= 0.6 is 12.4 Å². The van der Waals surface area contributed by atoms with Crippen molar-refractivity contribution in [2.75, 3.05) is 14.2 Å². The maximum atomic E-state index is 12.3. The van der Waals surface area contributed by atoms with Crippen LogP contribution in [0.5, 0.6) is 11.5 Å². The van der Waals surface area contributed by atoms with Crippen molar-refractivity contribution < 1.29 is 14.3 Å². The van der Waals surface area contributed by atoms with Gasteiger partial charge in [-0.15, -0.1) is 12.4 Å². The first-order valence-corrected chi connectivity index (χ1v) is 5.83. The lowest BCUT2D eigenvalue weighted by Gasteiger charge is -2.26. The molecule has 1 atom stereocenters. The summed E-state index contributed by atoms with van der Waals surface area (Å²) in [5, 5.41) is 0. The number of Topliss-reactive ketones (excluding diaryl/α,β-unsaturated/α-hetero) is 1. The van der Waals surface area contributed by atoms with Gasteiger partial charge in [0.25, 0.3) is 0 Å². The van der Waals surface area contributed by atoms with Crippen LogP contribution in [0.2, 0.25) is 0 Å². The second-order valence-electron chi connectivity index (χ2n) is 5.27. The molecule has 0 unspecified atom stereocenters. The number of hydrogen-bond acceptors (Lipinski definition) is 4. The van der Waals surface area contributed by atoms with E-state index in [0.29, 0.717) is 17.1 Å². The van der Waals surface area contributed by atoms with Gasteiger partial charge in [-0.2, -0.15) is 0 Å². The molecule has 0 heterocycles. The lowest BCUT2D eigenvalue weighted by Crippen LogP contribution is -2.42. The molecule has 5 heteroatoms. The Kier molecular flexibility index (Phi) is 6.33. The van der Waals surface area contributed by atoms with Crippen LogP contribution in [0.15, 0.2) is 18.2 Å². The van der Waals surface area contributed by atoms with E-state index in [2.05, 4.69) is 0 Å². The van der Waals surface area contributed by atoms with Crippen molar-refractivity contribution in [3.8, 4) is 11.5 Å². The summed E-state index contributed by atoms with van der Waals surface area (Å²) in [6, 6.07) is 4.53. The molecule has 1 aromatic carbocycles. The Bertz CT molecular complexity index is 441. The van der Waals surface area contributed by atoms with Crippen molar-refractivity contribution in [1.82, 2.24) is 0 Å². The molecule has 1 aromatic rings. The molecule has 0 aliphatic rings. The van der Waals surface area contributed by atoms with Crippen LogP contribution in [-0.2, 0) is 0 Å². The highest BCUT2D eigenvalue weighted by molar-refractivity contribution is 6.02. The number of nitrogens with two attached hydrogens (primary N) is 1. The fourth-order valence-corrected chi connectivity index (χ4v) is 1.56. The number of ketones is 1. The van der Waals surface area contributed by atoms with Crippen LogP contribution in [0, 0.1) is 5.41 Å². The molecule has 0 fully saturated rings. The van der Waals surface area contributed by atoms with Gasteiger partial charge in [-0.3, -0.25) is 4.79 Å². The Morgan fingerprint density at radius 2 is 1.79 bits per heavy atom. The number of halogens is 1. The topological polar surface area (TPSA) is 61.5 Å². The molecule has 0 radical (unpaired) electrons. The molecule has 0 aromatic heterocycles. The van der Waals surface area contributed by atoms with E-state index < -0.39 is 6.04 Å². The smallest absolute Gasteiger partial charge is 0.183 e. The molecule has 2 N–H and O–H groups in total. The first kappa shape index (κ1) is 17.7. The minimum absolute atomic E-state index is 0. The van der Waals surface area contributed by atoms with E-state index in [9.17, 15) is 4.79 Å². The number of benzene rings is 1. The van der Waals surface area contributed by atoms with Crippen LogP contribution in [0.4, 0.5) is 0 Å². The monoisotopic (exact) mass is 287 g/mol. The normalized spacial score (nSPS) is 12.3. The predicted octanol–water partition coefficient (Wildman–Crippen LogP) is 2.68. The third-order valence-electron chi connectivity index (χ3n) is 2.89.